The van der Waals surface area contributed by atoms with Crippen LogP contribution in [0, 0.1) is 11.7 Å². The molecule has 0 atom stereocenters. The SMILES string of the molecule is O=C(N=Nc1c(O)[nH]c2cc(F)ccc12)C1CCCCC1. The van der Waals surface area contributed by atoms with Gasteiger partial charge in [-0.2, -0.15) is 0 Å². The molecule has 2 N–H and O–H groups in total. The van der Waals surface area contributed by atoms with Crippen LogP contribution in [-0.2, 0) is 4.79 Å². The van der Waals surface area contributed by atoms with Gasteiger partial charge in [0.25, 0.3) is 5.91 Å². The monoisotopic (exact) mass is 289 g/mol. The van der Waals surface area contributed by atoms with Crippen molar-refractivity contribution >= 4 is 22.5 Å². The molecule has 0 saturated heterocycles. The van der Waals surface area contributed by atoms with Crippen LogP contribution in [0.15, 0.2) is 28.4 Å². The zero-order valence-corrected chi connectivity index (χ0v) is 11.5. The molecule has 0 unspecified atom stereocenters. The lowest BCUT2D eigenvalue weighted by Gasteiger charge is -2.17. The fourth-order valence-electron chi connectivity index (χ4n) is 2.77. The van der Waals surface area contributed by atoms with Crippen LogP contribution in [0.5, 0.6) is 5.88 Å². The molecule has 1 saturated carbocycles. The van der Waals surface area contributed by atoms with Gasteiger partial charge in [0.2, 0.25) is 5.88 Å². The molecule has 1 aliphatic carbocycles. The molecule has 1 aromatic heterocycles. The molecule has 6 heteroatoms. The molecule has 0 radical (unpaired) electrons. The van der Waals surface area contributed by atoms with Gasteiger partial charge in [-0.05, 0) is 31.0 Å². The number of aromatic hydroxyl groups is 1. The predicted molar refractivity (Wildman–Crippen MR) is 76.0 cm³/mol. The van der Waals surface area contributed by atoms with Crippen LogP contribution >= 0.6 is 0 Å². The average Bonchev–Trinajstić information content (AvgIpc) is 2.80. The zero-order valence-electron chi connectivity index (χ0n) is 11.5. The summed E-state index contributed by atoms with van der Waals surface area (Å²) in [5, 5.41) is 17.9. The summed E-state index contributed by atoms with van der Waals surface area (Å²) in [4.78, 5) is 14.6. The number of nitrogens with one attached hydrogen (secondary N) is 1. The van der Waals surface area contributed by atoms with Crippen molar-refractivity contribution < 1.29 is 14.3 Å². The average molecular weight is 289 g/mol. The molecule has 0 spiro atoms. The lowest BCUT2D eigenvalue weighted by Crippen LogP contribution is -2.15. The quantitative estimate of drug-likeness (QED) is 0.812. The van der Waals surface area contributed by atoms with Crippen molar-refractivity contribution in [3.05, 3.63) is 24.0 Å². The van der Waals surface area contributed by atoms with Crippen molar-refractivity contribution in [2.75, 3.05) is 0 Å². The van der Waals surface area contributed by atoms with Crippen LogP contribution in [0.25, 0.3) is 10.9 Å². The number of hydrogen-bond acceptors (Lipinski definition) is 3. The van der Waals surface area contributed by atoms with Crippen LogP contribution in [0.1, 0.15) is 32.1 Å². The standard InChI is InChI=1S/C15H16FN3O2/c16-10-6-7-11-12(8-10)17-15(21)13(11)18-19-14(20)9-4-2-1-3-5-9/h6-9,17,21H,1-5H2. The highest BCUT2D eigenvalue weighted by atomic mass is 19.1. The molecule has 1 aliphatic rings. The summed E-state index contributed by atoms with van der Waals surface area (Å²) in [6.07, 6.45) is 4.95. The fourth-order valence-corrected chi connectivity index (χ4v) is 2.77. The highest BCUT2D eigenvalue weighted by molar-refractivity contribution is 5.94. The van der Waals surface area contributed by atoms with Gasteiger partial charge in [0, 0.05) is 11.3 Å². The first kappa shape index (κ1) is 13.7. The Morgan fingerprint density at radius 2 is 2.05 bits per heavy atom. The Morgan fingerprint density at radius 3 is 2.81 bits per heavy atom. The first-order valence-electron chi connectivity index (χ1n) is 7.11. The predicted octanol–water partition coefficient (Wildman–Crippen LogP) is 4.20. The van der Waals surface area contributed by atoms with E-state index in [4.69, 9.17) is 0 Å². The summed E-state index contributed by atoms with van der Waals surface area (Å²) in [6.45, 7) is 0. The van der Waals surface area contributed by atoms with Gasteiger partial charge < -0.3 is 10.1 Å². The van der Waals surface area contributed by atoms with E-state index in [0.29, 0.717) is 10.9 Å². The first-order valence-corrected chi connectivity index (χ1v) is 7.11. The number of carbonyl (C=O) groups is 1. The Bertz CT molecular complexity index is 702. The molecule has 1 amide bonds. The minimum absolute atomic E-state index is 0.0627. The number of hydrogen-bond donors (Lipinski definition) is 2. The summed E-state index contributed by atoms with van der Waals surface area (Å²) in [5.74, 6) is -0.931. The third-order valence-electron chi connectivity index (χ3n) is 3.92. The van der Waals surface area contributed by atoms with Crippen LogP contribution < -0.4 is 0 Å². The number of carbonyl (C=O) groups excluding carboxylic acids is 1. The van der Waals surface area contributed by atoms with E-state index in [-0.39, 0.29) is 23.4 Å². The van der Waals surface area contributed by atoms with Gasteiger partial charge in [0.15, 0.2) is 5.69 Å². The number of azo groups is 1. The van der Waals surface area contributed by atoms with E-state index in [1.54, 1.807) is 0 Å². The second-order valence-corrected chi connectivity index (χ2v) is 5.39. The van der Waals surface area contributed by atoms with E-state index in [1.165, 1.54) is 18.2 Å². The zero-order chi connectivity index (χ0) is 14.8. The number of rotatable bonds is 2. The Balaban J connectivity index is 1.85. The summed E-state index contributed by atoms with van der Waals surface area (Å²) in [7, 11) is 0. The van der Waals surface area contributed by atoms with E-state index in [9.17, 15) is 14.3 Å². The van der Waals surface area contributed by atoms with Gasteiger partial charge >= 0.3 is 0 Å². The maximum absolute atomic E-state index is 13.1. The lowest BCUT2D eigenvalue weighted by molar-refractivity contribution is -0.122. The largest absolute Gasteiger partial charge is 0.493 e. The minimum Gasteiger partial charge on any atom is -0.493 e. The third-order valence-corrected chi connectivity index (χ3v) is 3.92. The molecule has 1 heterocycles. The molecule has 5 nitrogen and oxygen atoms in total. The summed E-state index contributed by atoms with van der Waals surface area (Å²) < 4.78 is 13.1. The first-order chi connectivity index (χ1) is 10.1. The summed E-state index contributed by atoms with van der Waals surface area (Å²) >= 11 is 0. The number of amides is 1. The molecular formula is C15H16FN3O2. The van der Waals surface area contributed by atoms with Crippen molar-refractivity contribution in [3.63, 3.8) is 0 Å². The molecule has 21 heavy (non-hydrogen) atoms. The third kappa shape index (κ3) is 2.79. The number of H-pyrrole nitrogens is 1. The van der Waals surface area contributed by atoms with Crippen molar-refractivity contribution in [1.82, 2.24) is 4.98 Å². The maximum atomic E-state index is 13.1. The highest BCUT2D eigenvalue weighted by Crippen LogP contribution is 2.36. The van der Waals surface area contributed by atoms with Gasteiger partial charge in [-0.25, -0.2) is 4.39 Å². The van der Waals surface area contributed by atoms with E-state index >= 15 is 0 Å². The van der Waals surface area contributed by atoms with Crippen molar-refractivity contribution in [2.24, 2.45) is 16.1 Å². The topological polar surface area (TPSA) is 77.8 Å². The van der Waals surface area contributed by atoms with Crippen molar-refractivity contribution in [2.45, 2.75) is 32.1 Å². The number of fused-ring (bicyclic) bond motifs is 1. The Kier molecular flexibility index (Phi) is 3.68. The van der Waals surface area contributed by atoms with Gasteiger partial charge in [0.1, 0.15) is 5.82 Å². The maximum Gasteiger partial charge on any atom is 0.267 e. The molecule has 1 aromatic carbocycles. The molecule has 110 valence electrons. The number of aromatic amines is 1. The van der Waals surface area contributed by atoms with E-state index in [0.717, 1.165) is 32.1 Å². The van der Waals surface area contributed by atoms with Gasteiger partial charge in [-0.1, -0.05) is 19.3 Å². The van der Waals surface area contributed by atoms with Crippen LogP contribution in [0.2, 0.25) is 0 Å². The molecule has 2 aromatic rings. The second-order valence-electron chi connectivity index (χ2n) is 5.39. The normalized spacial score (nSPS) is 16.8. The number of benzene rings is 1. The molecule has 1 fully saturated rings. The Hall–Kier alpha value is -2.24. The summed E-state index contributed by atoms with van der Waals surface area (Å²) in [6, 6.07) is 4.04. The Morgan fingerprint density at radius 1 is 1.29 bits per heavy atom. The smallest absolute Gasteiger partial charge is 0.267 e. The van der Waals surface area contributed by atoms with Crippen LogP contribution in [0.3, 0.4) is 0 Å². The molecule has 0 aliphatic heterocycles. The molecular weight excluding hydrogens is 273 g/mol. The summed E-state index contributed by atoms with van der Waals surface area (Å²) in [5.41, 5.74) is 0.598. The lowest BCUT2D eigenvalue weighted by atomic mass is 9.89. The van der Waals surface area contributed by atoms with Crippen molar-refractivity contribution in [3.8, 4) is 5.88 Å². The van der Waals surface area contributed by atoms with E-state index in [2.05, 4.69) is 15.2 Å². The van der Waals surface area contributed by atoms with Gasteiger partial charge in [-0.3, -0.25) is 4.79 Å². The van der Waals surface area contributed by atoms with E-state index < -0.39 is 5.82 Å². The van der Waals surface area contributed by atoms with E-state index in [1.807, 2.05) is 0 Å². The minimum atomic E-state index is -0.412. The molecule has 3 rings (SSSR count). The Labute approximate surface area is 120 Å². The van der Waals surface area contributed by atoms with Gasteiger partial charge in [0.05, 0.1) is 5.52 Å². The van der Waals surface area contributed by atoms with Crippen LogP contribution in [-0.4, -0.2) is 16.0 Å². The fraction of sp³-hybridized carbons (Fsp3) is 0.400. The molecule has 0 bridgehead atoms. The highest BCUT2D eigenvalue weighted by Gasteiger charge is 2.21. The van der Waals surface area contributed by atoms with Gasteiger partial charge in [-0.15, -0.1) is 10.2 Å². The number of aromatic nitrogens is 1. The van der Waals surface area contributed by atoms with Crippen molar-refractivity contribution in [1.29, 1.82) is 0 Å². The van der Waals surface area contributed by atoms with Crippen LogP contribution in [0.4, 0.5) is 10.1 Å². The number of halogens is 1. The number of nitrogens with zero attached hydrogens (tertiary/aromatic N) is 2. The second kappa shape index (κ2) is 5.63.